The van der Waals surface area contributed by atoms with Gasteiger partial charge in [-0.05, 0) is 50.7 Å². The third-order valence-corrected chi connectivity index (χ3v) is 6.50. The van der Waals surface area contributed by atoms with Gasteiger partial charge in [0.05, 0.1) is 16.8 Å². The van der Waals surface area contributed by atoms with Gasteiger partial charge in [0.15, 0.2) is 0 Å². The maximum atomic E-state index is 13.2. The number of hydrogen-bond acceptors (Lipinski definition) is 3. The van der Waals surface area contributed by atoms with Crippen LogP contribution in [0.2, 0.25) is 0 Å². The van der Waals surface area contributed by atoms with Crippen LogP contribution >= 0.6 is 0 Å². The molecular formula is C23H27N3O2. The van der Waals surface area contributed by atoms with Crippen LogP contribution in [0.5, 0.6) is 0 Å². The molecular weight excluding hydrogens is 350 g/mol. The predicted molar refractivity (Wildman–Crippen MR) is 108 cm³/mol. The molecule has 1 aromatic heterocycles. The molecule has 2 aromatic rings. The molecule has 0 radical (unpaired) electrons. The molecule has 0 atom stereocenters. The van der Waals surface area contributed by atoms with Gasteiger partial charge in [0.25, 0.3) is 5.91 Å². The summed E-state index contributed by atoms with van der Waals surface area (Å²) in [5.74, 6) is 0.984. The van der Waals surface area contributed by atoms with Gasteiger partial charge >= 0.3 is 0 Å². The number of para-hydroxylation sites is 1. The highest BCUT2D eigenvalue weighted by Crippen LogP contribution is 2.35. The van der Waals surface area contributed by atoms with Crippen LogP contribution in [0.1, 0.15) is 60.5 Å². The summed E-state index contributed by atoms with van der Waals surface area (Å²) in [5.41, 5.74) is 2.66. The van der Waals surface area contributed by atoms with Crippen molar-refractivity contribution >= 4 is 22.7 Å². The van der Waals surface area contributed by atoms with E-state index < -0.39 is 0 Å². The Morgan fingerprint density at radius 1 is 0.893 bits per heavy atom. The molecule has 3 aliphatic rings. The van der Waals surface area contributed by atoms with Crippen molar-refractivity contribution in [1.29, 1.82) is 0 Å². The minimum Gasteiger partial charge on any atom is -0.342 e. The summed E-state index contributed by atoms with van der Waals surface area (Å²) in [6.07, 6.45) is 6.07. The Kier molecular flexibility index (Phi) is 4.53. The first-order chi connectivity index (χ1) is 13.7. The molecule has 3 fully saturated rings. The van der Waals surface area contributed by atoms with E-state index in [1.807, 2.05) is 40.1 Å². The quantitative estimate of drug-likeness (QED) is 0.821. The average molecular weight is 377 g/mol. The van der Waals surface area contributed by atoms with E-state index in [0.29, 0.717) is 5.91 Å². The van der Waals surface area contributed by atoms with Crippen molar-refractivity contribution in [2.45, 2.75) is 44.4 Å². The van der Waals surface area contributed by atoms with Crippen molar-refractivity contribution in [3.05, 3.63) is 41.6 Å². The number of benzene rings is 1. The van der Waals surface area contributed by atoms with Crippen molar-refractivity contribution in [3.8, 4) is 0 Å². The first-order valence-electron chi connectivity index (χ1n) is 10.7. The van der Waals surface area contributed by atoms with Crippen LogP contribution in [0.15, 0.2) is 30.3 Å². The largest absolute Gasteiger partial charge is 0.342 e. The third-order valence-electron chi connectivity index (χ3n) is 6.50. The van der Waals surface area contributed by atoms with Gasteiger partial charge in [-0.3, -0.25) is 14.6 Å². The maximum Gasteiger partial charge on any atom is 0.255 e. The van der Waals surface area contributed by atoms with E-state index in [9.17, 15) is 9.59 Å². The molecule has 28 heavy (non-hydrogen) atoms. The van der Waals surface area contributed by atoms with Crippen molar-refractivity contribution in [2.24, 2.45) is 5.92 Å². The zero-order valence-corrected chi connectivity index (χ0v) is 16.3. The number of piperidine rings is 1. The van der Waals surface area contributed by atoms with E-state index in [-0.39, 0.29) is 17.7 Å². The summed E-state index contributed by atoms with van der Waals surface area (Å²) in [5, 5.41) is 1.02. The lowest BCUT2D eigenvalue weighted by molar-refractivity contribution is -0.133. The highest BCUT2D eigenvalue weighted by molar-refractivity contribution is 5.99. The number of aromatic nitrogens is 1. The Hall–Kier alpha value is -2.43. The zero-order chi connectivity index (χ0) is 19.1. The Balaban J connectivity index is 1.44. The van der Waals surface area contributed by atoms with Gasteiger partial charge in [0.1, 0.15) is 0 Å². The van der Waals surface area contributed by atoms with E-state index in [1.165, 1.54) is 0 Å². The van der Waals surface area contributed by atoms with Crippen molar-refractivity contribution < 1.29 is 9.59 Å². The topological polar surface area (TPSA) is 53.5 Å². The lowest BCUT2D eigenvalue weighted by Gasteiger charge is -2.33. The number of pyridine rings is 1. The van der Waals surface area contributed by atoms with Gasteiger partial charge in [-0.2, -0.15) is 0 Å². The van der Waals surface area contributed by atoms with Crippen LogP contribution in [-0.2, 0) is 4.79 Å². The van der Waals surface area contributed by atoms with Gasteiger partial charge in [-0.25, -0.2) is 0 Å². The average Bonchev–Trinajstić information content (AvgIpc) is 3.45. The predicted octanol–water partition coefficient (Wildman–Crippen LogP) is 3.59. The number of rotatable bonds is 3. The van der Waals surface area contributed by atoms with Crippen LogP contribution in [0, 0.1) is 5.92 Å². The maximum absolute atomic E-state index is 13.2. The summed E-state index contributed by atoms with van der Waals surface area (Å²) in [6.45, 7) is 3.26. The zero-order valence-electron chi connectivity index (χ0n) is 16.3. The Morgan fingerprint density at radius 2 is 1.61 bits per heavy atom. The van der Waals surface area contributed by atoms with E-state index in [1.54, 1.807) is 0 Å². The molecule has 0 spiro atoms. The smallest absolute Gasteiger partial charge is 0.255 e. The molecule has 5 nitrogen and oxygen atoms in total. The van der Waals surface area contributed by atoms with Gasteiger partial charge < -0.3 is 9.80 Å². The minimum atomic E-state index is 0.127. The molecule has 2 saturated heterocycles. The number of hydrogen-bond donors (Lipinski definition) is 0. The second-order valence-corrected chi connectivity index (χ2v) is 8.49. The standard InChI is InChI=1S/C23H27N3O2/c27-22(17-7-8-17)26-13-9-16(10-14-26)21-19(23(28)25-11-3-4-12-25)15-18-5-1-2-6-20(18)24-21/h1-2,5-6,15-17H,3-4,7-14H2. The first kappa shape index (κ1) is 17.7. The monoisotopic (exact) mass is 377 g/mol. The summed E-state index contributed by atoms with van der Waals surface area (Å²) in [7, 11) is 0. The lowest BCUT2D eigenvalue weighted by atomic mass is 9.89. The number of amides is 2. The summed E-state index contributed by atoms with van der Waals surface area (Å²) in [4.78, 5) is 34.6. The van der Waals surface area contributed by atoms with Gasteiger partial charge in [-0.15, -0.1) is 0 Å². The second-order valence-electron chi connectivity index (χ2n) is 8.49. The van der Waals surface area contributed by atoms with E-state index >= 15 is 0 Å². The fourth-order valence-corrected chi connectivity index (χ4v) is 4.67. The lowest BCUT2D eigenvalue weighted by Crippen LogP contribution is -2.39. The fraction of sp³-hybridized carbons (Fsp3) is 0.522. The Bertz CT molecular complexity index is 907. The molecule has 146 valence electrons. The molecule has 2 amide bonds. The molecule has 0 N–H and O–H groups in total. The fourth-order valence-electron chi connectivity index (χ4n) is 4.67. The molecule has 0 unspecified atom stereocenters. The van der Waals surface area contributed by atoms with Gasteiger partial charge in [-0.1, -0.05) is 18.2 Å². The summed E-state index contributed by atoms with van der Waals surface area (Å²) >= 11 is 0. The summed E-state index contributed by atoms with van der Waals surface area (Å²) in [6, 6.07) is 10.1. The van der Waals surface area contributed by atoms with Crippen molar-refractivity contribution in [1.82, 2.24) is 14.8 Å². The number of carbonyl (C=O) groups is 2. The van der Waals surface area contributed by atoms with Gasteiger partial charge in [0, 0.05) is 43.4 Å². The molecule has 1 saturated carbocycles. The highest BCUT2D eigenvalue weighted by Gasteiger charge is 2.36. The van der Waals surface area contributed by atoms with Crippen LogP contribution in [0.25, 0.3) is 10.9 Å². The molecule has 5 rings (SSSR count). The minimum absolute atomic E-state index is 0.127. The number of fused-ring (bicyclic) bond motifs is 1. The molecule has 5 heteroatoms. The highest BCUT2D eigenvalue weighted by atomic mass is 16.2. The molecule has 3 heterocycles. The Morgan fingerprint density at radius 3 is 2.32 bits per heavy atom. The summed E-state index contributed by atoms with van der Waals surface area (Å²) < 4.78 is 0. The second kappa shape index (κ2) is 7.19. The number of carbonyl (C=O) groups excluding carboxylic acids is 2. The molecule has 0 bridgehead atoms. The SMILES string of the molecule is O=C(c1cc2ccccc2nc1C1CCN(C(=O)C2CC2)CC1)N1CCCC1. The molecule has 1 aliphatic carbocycles. The molecule has 1 aromatic carbocycles. The number of nitrogens with zero attached hydrogens (tertiary/aromatic N) is 3. The van der Waals surface area contributed by atoms with Crippen molar-refractivity contribution in [2.75, 3.05) is 26.2 Å². The van der Waals surface area contributed by atoms with E-state index in [2.05, 4.69) is 0 Å². The Labute approximate surface area is 165 Å². The number of likely N-dealkylation sites (tertiary alicyclic amines) is 2. The van der Waals surface area contributed by atoms with Crippen LogP contribution < -0.4 is 0 Å². The van der Waals surface area contributed by atoms with Crippen molar-refractivity contribution in [3.63, 3.8) is 0 Å². The normalized spacial score (nSPS) is 20.7. The van der Waals surface area contributed by atoms with Crippen LogP contribution in [0.4, 0.5) is 0 Å². The third kappa shape index (κ3) is 3.27. The van der Waals surface area contributed by atoms with Gasteiger partial charge in [0.2, 0.25) is 5.91 Å². The van der Waals surface area contributed by atoms with E-state index in [4.69, 9.17) is 4.98 Å². The first-order valence-corrected chi connectivity index (χ1v) is 10.7. The van der Waals surface area contributed by atoms with Crippen LogP contribution in [-0.4, -0.2) is 52.8 Å². The van der Waals surface area contributed by atoms with Crippen LogP contribution in [0.3, 0.4) is 0 Å². The molecule has 2 aliphatic heterocycles. The van der Waals surface area contributed by atoms with E-state index in [0.717, 1.165) is 86.9 Å².